The first kappa shape index (κ1) is 8.10. The summed E-state index contributed by atoms with van der Waals surface area (Å²) < 4.78 is 0. The van der Waals surface area contributed by atoms with Crippen LogP contribution in [0.5, 0.6) is 0 Å². The topological polar surface area (TPSA) is 0 Å². The van der Waals surface area contributed by atoms with Gasteiger partial charge in [-0.2, -0.15) is 0 Å². The van der Waals surface area contributed by atoms with Gasteiger partial charge in [-0.15, -0.1) is 0 Å². The summed E-state index contributed by atoms with van der Waals surface area (Å²) in [5, 5.41) is 0. The maximum atomic E-state index is 2.38. The van der Waals surface area contributed by atoms with Crippen LogP contribution in [-0.4, -0.2) is 0 Å². The molecule has 0 aliphatic heterocycles. The van der Waals surface area contributed by atoms with Crippen molar-refractivity contribution in [3.63, 3.8) is 0 Å². The van der Waals surface area contributed by atoms with Crippen molar-refractivity contribution in [1.29, 1.82) is 0 Å². The summed E-state index contributed by atoms with van der Waals surface area (Å²) in [6, 6.07) is 0. The Morgan fingerprint density at radius 1 is 1.33 bits per heavy atom. The molecule has 2 aliphatic rings. The molecule has 12 heavy (non-hydrogen) atoms. The lowest BCUT2D eigenvalue weighted by molar-refractivity contribution is 0.375. The van der Waals surface area contributed by atoms with E-state index >= 15 is 0 Å². The molecule has 0 nitrogen and oxygen atoms in total. The molecule has 0 aromatic heterocycles. The van der Waals surface area contributed by atoms with Crippen molar-refractivity contribution in [2.75, 3.05) is 0 Å². The highest BCUT2D eigenvalue weighted by molar-refractivity contribution is 5.32. The average Bonchev–Trinajstić information content (AvgIpc) is 2.12. The van der Waals surface area contributed by atoms with E-state index in [9.17, 15) is 0 Å². The monoisotopic (exact) mass is 162 g/mol. The van der Waals surface area contributed by atoms with E-state index in [2.05, 4.69) is 26.0 Å². The predicted octanol–water partition coefficient (Wildman–Crippen LogP) is 3.70. The van der Waals surface area contributed by atoms with Gasteiger partial charge in [0.15, 0.2) is 0 Å². The number of allylic oxidation sites excluding steroid dienone is 4. The molecule has 0 N–H and O–H groups in total. The Labute approximate surface area is 75.4 Å². The van der Waals surface area contributed by atoms with Gasteiger partial charge in [0.05, 0.1) is 0 Å². The molecule has 0 spiro atoms. The summed E-state index contributed by atoms with van der Waals surface area (Å²) in [7, 11) is 0. The lowest BCUT2D eigenvalue weighted by atomic mass is 9.72. The molecule has 0 radical (unpaired) electrons. The van der Waals surface area contributed by atoms with Gasteiger partial charge >= 0.3 is 0 Å². The molecule has 66 valence electrons. The summed E-state index contributed by atoms with van der Waals surface area (Å²) in [6.07, 6.45) is 10.4. The third kappa shape index (κ3) is 1.24. The van der Waals surface area contributed by atoms with Gasteiger partial charge in [0.25, 0.3) is 0 Å². The third-order valence-corrected chi connectivity index (χ3v) is 3.45. The minimum absolute atomic E-state index is 0.795. The molecule has 1 saturated carbocycles. The predicted molar refractivity (Wildman–Crippen MR) is 53.0 cm³/mol. The smallest absolute Gasteiger partial charge is 0.0137 e. The molecular weight excluding hydrogens is 144 g/mol. The SMILES string of the molecule is CC1=C2CCCCC2C(C)C=C1. The molecule has 2 unspecified atom stereocenters. The molecular formula is C12H18. The van der Waals surface area contributed by atoms with Crippen LogP contribution in [0.4, 0.5) is 0 Å². The quantitative estimate of drug-likeness (QED) is 0.509. The van der Waals surface area contributed by atoms with Gasteiger partial charge in [-0.1, -0.05) is 36.6 Å². The van der Waals surface area contributed by atoms with E-state index in [-0.39, 0.29) is 0 Å². The molecule has 0 amide bonds. The van der Waals surface area contributed by atoms with Gasteiger partial charge < -0.3 is 0 Å². The molecule has 0 bridgehead atoms. The van der Waals surface area contributed by atoms with Crippen LogP contribution in [0, 0.1) is 11.8 Å². The Morgan fingerprint density at radius 2 is 2.17 bits per heavy atom. The fraction of sp³-hybridized carbons (Fsp3) is 0.667. The summed E-state index contributed by atoms with van der Waals surface area (Å²) in [6.45, 7) is 4.63. The summed E-state index contributed by atoms with van der Waals surface area (Å²) >= 11 is 0. The lowest BCUT2D eigenvalue weighted by Gasteiger charge is -2.33. The van der Waals surface area contributed by atoms with Gasteiger partial charge in [0.1, 0.15) is 0 Å². The minimum Gasteiger partial charge on any atom is -0.0808 e. The molecule has 0 saturated heterocycles. The van der Waals surface area contributed by atoms with E-state index in [0.717, 1.165) is 11.8 Å². The Balaban J connectivity index is 2.28. The minimum atomic E-state index is 0.795. The lowest BCUT2D eigenvalue weighted by Crippen LogP contribution is -2.20. The Kier molecular flexibility index (Phi) is 2.08. The van der Waals surface area contributed by atoms with Gasteiger partial charge in [0.2, 0.25) is 0 Å². The molecule has 2 atom stereocenters. The van der Waals surface area contributed by atoms with E-state index < -0.39 is 0 Å². The second kappa shape index (κ2) is 3.08. The Bertz CT molecular complexity index is 232. The van der Waals surface area contributed by atoms with Gasteiger partial charge in [0, 0.05) is 0 Å². The largest absolute Gasteiger partial charge is 0.0808 e. The zero-order valence-corrected chi connectivity index (χ0v) is 8.14. The van der Waals surface area contributed by atoms with Crippen LogP contribution < -0.4 is 0 Å². The second-order valence-electron chi connectivity index (χ2n) is 4.28. The number of hydrogen-bond donors (Lipinski definition) is 0. The van der Waals surface area contributed by atoms with Crippen molar-refractivity contribution in [3.05, 3.63) is 23.3 Å². The fourth-order valence-corrected chi connectivity index (χ4v) is 2.65. The zero-order valence-electron chi connectivity index (χ0n) is 8.14. The highest BCUT2D eigenvalue weighted by Crippen LogP contribution is 2.39. The van der Waals surface area contributed by atoms with Crippen molar-refractivity contribution in [2.24, 2.45) is 11.8 Å². The van der Waals surface area contributed by atoms with E-state index in [1.807, 2.05) is 0 Å². The van der Waals surface area contributed by atoms with E-state index in [1.165, 1.54) is 25.7 Å². The van der Waals surface area contributed by atoms with E-state index in [4.69, 9.17) is 0 Å². The summed E-state index contributed by atoms with van der Waals surface area (Å²) in [5.74, 6) is 1.69. The van der Waals surface area contributed by atoms with Crippen molar-refractivity contribution < 1.29 is 0 Å². The second-order valence-corrected chi connectivity index (χ2v) is 4.28. The Morgan fingerprint density at radius 3 is 2.92 bits per heavy atom. The van der Waals surface area contributed by atoms with Crippen LogP contribution >= 0.6 is 0 Å². The summed E-state index contributed by atoms with van der Waals surface area (Å²) in [5.41, 5.74) is 3.31. The summed E-state index contributed by atoms with van der Waals surface area (Å²) in [4.78, 5) is 0. The zero-order chi connectivity index (χ0) is 8.55. The van der Waals surface area contributed by atoms with Crippen LogP contribution in [0.1, 0.15) is 39.5 Å². The highest BCUT2D eigenvalue weighted by Gasteiger charge is 2.26. The number of fused-ring (bicyclic) bond motifs is 1. The van der Waals surface area contributed by atoms with Crippen LogP contribution in [0.15, 0.2) is 23.3 Å². The molecule has 2 aliphatic carbocycles. The normalized spacial score (nSPS) is 35.2. The molecule has 0 aromatic rings. The molecule has 0 heteroatoms. The standard InChI is InChI=1S/C12H18/c1-9-7-8-10(2)12-6-4-3-5-11(9)12/h7-9,11H,3-6H2,1-2H3. The van der Waals surface area contributed by atoms with E-state index in [1.54, 1.807) is 11.1 Å². The maximum Gasteiger partial charge on any atom is -0.0137 e. The number of hydrogen-bond acceptors (Lipinski definition) is 0. The van der Waals surface area contributed by atoms with Gasteiger partial charge in [-0.05, 0) is 38.0 Å². The molecule has 0 heterocycles. The van der Waals surface area contributed by atoms with Crippen LogP contribution in [0.2, 0.25) is 0 Å². The fourth-order valence-electron chi connectivity index (χ4n) is 2.65. The van der Waals surface area contributed by atoms with Crippen molar-refractivity contribution in [3.8, 4) is 0 Å². The maximum absolute atomic E-state index is 2.38. The first-order valence-corrected chi connectivity index (χ1v) is 5.17. The van der Waals surface area contributed by atoms with Crippen LogP contribution in [0.25, 0.3) is 0 Å². The first-order chi connectivity index (χ1) is 5.79. The highest BCUT2D eigenvalue weighted by atomic mass is 14.3. The van der Waals surface area contributed by atoms with Crippen molar-refractivity contribution in [1.82, 2.24) is 0 Å². The van der Waals surface area contributed by atoms with Crippen molar-refractivity contribution >= 4 is 0 Å². The van der Waals surface area contributed by atoms with Gasteiger partial charge in [-0.3, -0.25) is 0 Å². The van der Waals surface area contributed by atoms with Crippen LogP contribution in [0.3, 0.4) is 0 Å². The average molecular weight is 162 g/mol. The Hall–Kier alpha value is -0.520. The third-order valence-electron chi connectivity index (χ3n) is 3.45. The first-order valence-electron chi connectivity index (χ1n) is 5.17. The number of rotatable bonds is 0. The van der Waals surface area contributed by atoms with E-state index in [0.29, 0.717) is 0 Å². The van der Waals surface area contributed by atoms with Crippen LogP contribution in [-0.2, 0) is 0 Å². The van der Waals surface area contributed by atoms with Gasteiger partial charge in [-0.25, -0.2) is 0 Å². The molecule has 1 fully saturated rings. The van der Waals surface area contributed by atoms with Crippen molar-refractivity contribution in [2.45, 2.75) is 39.5 Å². The molecule has 0 aromatic carbocycles. The molecule has 2 rings (SSSR count).